The number of piperidine rings is 1. The predicted molar refractivity (Wildman–Crippen MR) is 122 cm³/mol. The fraction of sp³-hybridized carbons (Fsp3) is 0.692. The van der Waals surface area contributed by atoms with Gasteiger partial charge in [0.25, 0.3) is 0 Å². The molecule has 1 aromatic rings. The molecule has 2 atom stereocenters. The van der Waals surface area contributed by atoms with Crippen molar-refractivity contribution in [1.82, 2.24) is 10.2 Å². The van der Waals surface area contributed by atoms with E-state index in [2.05, 4.69) is 44.0 Å². The van der Waals surface area contributed by atoms with E-state index in [4.69, 9.17) is 0 Å². The monoisotopic (exact) mass is 426 g/mol. The average molecular weight is 427 g/mol. The summed E-state index contributed by atoms with van der Waals surface area (Å²) in [5.74, 6) is 0.835. The van der Waals surface area contributed by atoms with E-state index in [9.17, 15) is 14.7 Å². The standard InChI is InChI=1S/C26H38N2O3/c1-5-14-27-23(30)17-9-11-18(12-10-17)24(31)28-15-13-26(4)20-7-6-8-21(29)19(20)16-22(28)25(26,2)3/h6-8,17-18,22,29H,5,9-16H2,1-4H3,(H,27,30)/t17?,18?,22-,26-/m0/s1. The molecule has 1 aromatic carbocycles. The number of hydrogen-bond donors (Lipinski definition) is 2. The molecule has 4 rings (SSSR count). The Kier molecular flexibility index (Phi) is 5.82. The van der Waals surface area contributed by atoms with Crippen LogP contribution in [-0.2, 0) is 21.4 Å². The Morgan fingerprint density at radius 3 is 2.48 bits per heavy atom. The molecule has 2 N–H and O–H groups in total. The molecule has 2 bridgehead atoms. The van der Waals surface area contributed by atoms with Crippen LogP contribution in [0.25, 0.3) is 0 Å². The zero-order chi connectivity index (χ0) is 22.4. The molecular formula is C26H38N2O3. The van der Waals surface area contributed by atoms with Gasteiger partial charge in [-0.25, -0.2) is 0 Å². The van der Waals surface area contributed by atoms with Gasteiger partial charge in [0.15, 0.2) is 0 Å². The third-order valence-electron chi connectivity index (χ3n) is 8.91. The number of hydrogen-bond acceptors (Lipinski definition) is 3. The number of phenolic OH excluding ortho intramolecular Hbond substituents is 1. The van der Waals surface area contributed by atoms with Crippen LogP contribution in [0.15, 0.2) is 18.2 Å². The van der Waals surface area contributed by atoms with Gasteiger partial charge in [-0.15, -0.1) is 0 Å². The summed E-state index contributed by atoms with van der Waals surface area (Å²) in [6, 6.07) is 5.97. The number of fused-ring (bicyclic) bond motifs is 4. The SMILES string of the molecule is CCCNC(=O)C1CCC(C(=O)N2CC[C@@]3(C)c4cccc(O)c4C[C@H]2C3(C)C)CC1. The number of rotatable bonds is 4. The quantitative estimate of drug-likeness (QED) is 0.759. The first-order chi connectivity index (χ1) is 14.7. The predicted octanol–water partition coefficient (Wildman–Crippen LogP) is 4.17. The Balaban J connectivity index is 1.50. The molecule has 5 heteroatoms. The smallest absolute Gasteiger partial charge is 0.225 e. The third-order valence-corrected chi connectivity index (χ3v) is 8.91. The first-order valence-corrected chi connectivity index (χ1v) is 12.1. The van der Waals surface area contributed by atoms with Gasteiger partial charge in [0.1, 0.15) is 5.75 Å². The van der Waals surface area contributed by atoms with Crippen molar-refractivity contribution in [3.8, 4) is 5.75 Å². The molecular weight excluding hydrogens is 388 g/mol. The second-order valence-electron chi connectivity index (χ2n) is 10.7. The summed E-state index contributed by atoms with van der Waals surface area (Å²) in [6.45, 7) is 10.5. The van der Waals surface area contributed by atoms with E-state index in [1.165, 1.54) is 5.56 Å². The largest absolute Gasteiger partial charge is 0.508 e. The number of benzene rings is 1. The van der Waals surface area contributed by atoms with E-state index >= 15 is 0 Å². The van der Waals surface area contributed by atoms with Gasteiger partial charge in [-0.2, -0.15) is 0 Å². The van der Waals surface area contributed by atoms with E-state index in [1.54, 1.807) is 6.07 Å². The first kappa shape index (κ1) is 22.2. The van der Waals surface area contributed by atoms with E-state index < -0.39 is 0 Å². The number of likely N-dealkylation sites (tertiary alicyclic amines) is 1. The Hall–Kier alpha value is -2.04. The van der Waals surface area contributed by atoms with Crippen LogP contribution in [-0.4, -0.2) is 41.0 Å². The molecule has 1 saturated carbocycles. The minimum absolute atomic E-state index is 0.0150. The van der Waals surface area contributed by atoms with Crippen molar-refractivity contribution in [2.75, 3.05) is 13.1 Å². The molecule has 170 valence electrons. The van der Waals surface area contributed by atoms with Crippen LogP contribution in [0.1, 0.15) is 77.3 Å². The summed E-state index contributed by atoms with van der Waals surface area (Å²) in [6.07, 6.45) is 5.77. The lowest BCUT2D eigenvalue weighted by molar-refractivity contribution is -0.150. The van der Waals surface area contributed by atoms with Crippen molar-refractivity contribution < 1.29 is 14.7 Å². The van der Waals surface area contributed by atoms with E-state index in [1.807, 2.05) is 6.07 Å². The number of nitrogens with zero attached hydrogens (tertiary/aromatic N) is 1. The topological polar surface area (TPSA) is 69.6 Å². The number of amides is 2. The van der Waals surface area contributed by atoms with Gasteiger partial charge in [0.2, 0.25) is 11.8 Å². The van der Waals surface area contributed by atoms with E-state index in [0.29, 0.717) is 12.2 Å². The summed E-state index contributed by atoms with van der Waals surface area (Å²) < 4.78 is 0. The molecule has 2 aliphatic carbocycles. The maximum Gasteiger partial charge on any atom is 0.225 e. The van der Waals surface area contributed by atoms with Crippen molar-refractivity contribution in [3.63, 3.8) is 0 Å². The Bertz CT molecular complexity index is 856. The van der Waals surface area contributed by atoms with Crippen LogP contribution in [0.3, 0.4) is 0 Å². The zero-order valence-corrected chi connectivity index (χ0v) is 19.5. The van der Waals surface area contributed by atoms with Gasteiger partial charge in [0.05, 0.1) is 0 Å². The van der Waals surface area contributed by atoms with Gasteiger partial charge < -0.3 is 15.3 Å². The fourth-order valence-electron chi connectivity index (χ4n) is 6.42. The number of aromatic hydroxyl groups is 1. The van der Waals surface area contributed by atoms with Crippen molar-refractivity contribution in [1.29, 1.82) is 0 Å². The molecule has 0 aromatic heterocycles. The van der Waals surface area contributed by atoms with Crippen molar-refractivity contribution >= 4 is 11.8 Å². The normalized spacial score (nSPS) is 31.6. The average Bonchev–Trinajstić information content (AvgIpc) is 2.75. The summed E-state index contributed by atoms with van der Waals surface area (Å²) >= 11 is 0. The van der Waals surface area contributed by atoms with Gasteiger partial charge in [-0.3, -0.25) is 9.59 Å². The van der Waals surface area contributed by atoms with Gasteiger partial charge >= 0.3 is 0 Å². The van der Waals surface area contributed by atoms with E-state index in [-0.39, 0.29) is 40.5 Å². The second-order valence-corrected chi connectivity index (χ2v) is 10.7. The molecule has 2 amide bonds. The van der Waals surface area contributed by atoms with Crippen molar-refractivity contribution in [2.24, 2.45) is 17.3 Å². The van der Waals surface area contributed by atoms with Crippen LogP contribution in [0.2, 0.25) is 0 Å². The molecule has 1 saturated heterocycles. The van der Waals surface area contributed by atoms with Crippen molar-refractivity contribution in [2.45, 2.75) is 84.1 Å². The lowest BCUT2D eigenvalue weighted by Gasteiger charge is -2.61. The summed E-state index contributed by atoms with van der Waals surface area (Å²) in [7, 11) is 0. The molecule has 1 heterocycles. The highest BCUT2D eigenvalue weighted by atomic mass is 16.3. The summed E-state index contributed by atoms with van der Waals surface area (Å²) in [4.78, 5) is 28.1. The molecule has 3 aliphatic rings. The van der Waals surface area contributed by atoms with E-state index in [0.717, 1.165) is 57.2 Å². The lowest BCUT2D eigenvalue weighted by atomic mass is 9.51. The molecule has 1 aliphatic heterocycles. The summed E-state index contributed by atoms with van der Waals surface area (Å²) in [5.41, 5.74) is 2.14. The van der Waals surface area contributed by atoms with Crippen molar-refractivity contribution in [3.05, 3.63) is 29.3 Å². The van der Waals surface area contributed by atoms with Gasteiger partial charge in [-0.1, -0.05) is 39.8 Å². The minimum Gasteiger partial charge on any atom is -0.508 e. The molecule has 31 heavy (non-hydrogen) atoms. The number of phenols is 1. The highest BCUT2D eigenvalue weighted by molar-refractivity contribution is 5.82. The Morgan fingerprint density at radius 1 is 1.13 bits per heavy atom. The Labute approximate surface area is 186 Å². The van der Waals surface area contributed by atoms with Gasteiger partial charge in [0, 0.05) is 36.4 Å². The molecule has 0 spiro atoms. The Morgan fingerprint density at radius 2 is 1.81 bits per heavy atom. The van der Waals surface area contributed by atoms with Gasteiger partial charge in [-0.05, 0) is 67.6 Å². The van der Waals surface area contributed by atoms with Crippen LogP contribution in [0.4, 0.5) is 0 Å². The summed E-state index contributed by atoms with van der Waals surface area (Å²) in [5, 5.41) is 13.6. The molecule has 0 radical (unpaired) electrons. The second kappa shape index (κ2) is 8.14. The van der Waals surface area contributed by atoms with Crippen LogP contribution >= 0.6 is 0 Å². The minimum atomic E-state index is -0.0705. The number of carbonyl (C=O) groups is 2. The number of carbonyl (C=O) groups excluding carboxylic acids is 2. The molecule has 0 unspecified atom stereocenters. The third kappa shape index (κ3) is 3.54. The molecule has 2 fully saturated rings. The highest BCUT2D eigenvalue weighted by Gasteiger charge is 2.57. The fourth-order valence-corrected chi connectivity index (χ4v) is 6.42. The highest BCUT2D eigenvalue weighted by Crippen LogP contribution is 2.57. The van der Waals surface area contributed by atoms with Crippen LogP contribution in [0.5, 0.6) is 5.75 Å². The maximum absolute atomic E-state index is 13.7. The lowest BCUT2D eigenvalue weighted by Crippen LogP contribution is -2.65. The van der Waals surface area contributed by atoms with Crippen LogP contribution < -0.4 is 5.32 Å². The zero-order valence-electron chi connectivity index (χ0n) is 19.5. The van der Waals surface area contributed by atoms with Crippen LogP contribution in [0, 0.1) is 17.3 Å². The number of nitrogens with one attached hydrogen (secondary N) is 1. The maximum atomic E-state index is 13.7. The first-order valence-electron chi connectivity index (χ1n) is 12.1. The molecule has 5 nitrogen and oxygen atoms in total.